The zero-order valence-corrected chi connectivity index (χ0v) is 7.48. The van der Waals surface area contributed by atoms with Gasteiger partial charge in [-0.05, 0) is 30.9 Å². The lowest BCUT2D eigenvalue weighted by Gasteiger charge is -2.04. The first-order valence-electron chi connectivity index (χ1n) is 4.21. The predicted molar refractivity (Wildman–Crippen MR) is 46.5 cm³/mol. The second-order valence-electron chi connectivity index (χ2n) is 3.00. The average molecular weight is 186 g/mol. The van der Waals surface area contributed by atoms with E-state index in [0.717, 1.165) is 0 Å². The molecule has 0 aliphatic carbocycles. The number of rotatable bonds is 3. The minimum absolute atomic E-state index is 0.00502. The molecule has 0 spiro atoms. The highest BCUT2D eigenvalue weighted by Gasteiger charge is 2.09. The van der Waals surface area contributed by atoms with Gasteiger partial charge in [0.2, 0.25) is 0 Å². The molecule has 0 aromatic heterocycles. The second-order valence-corrected chi connectivity index (χ2v) is 3.00. The van der Waals surface area contributed by atoms with Gasteiger partial charge >= 0.3 is 0 Å². The highest BCUT2D eigenvalue weighted by atomic mass is 19.2. The van der Waals surface area contributed by atoms with E-state index in [1.54, 1.807) is 12.1 Å². The molecule has 1 N–H and O–H groups in total. The van der Waals surface area contributed by atoms with Crippen LogP contribution in [0.2, 0.25) is 0 Å². The van der Waals surface area contributed by atoms with E-state index in [4.69, 9.17) is 5.11 Å². The highest BCUT2D eigenvalue weighted by molar-refractivity contribution is 5.25. The Hall–Kier alpha value is -0.960. The van der Waals surface area contributed by atoms with Gasteiger partial charge in [-0.1, -0.05) is 12.1 Å². The van der Waals surface area contributed by atoms with E-state index in [1.165, 1.54) is 6.92 Å². The van der Waals surface area contributed by atoms with Gasteiger partial charge < -0.3 is 5.11 Å². The van der Waals surface area contributed by atoms with Gasteiger partial charge in [-0.15, -0.1) is 0 Å². The van der Waals surface area contributed by atoms with E-state index in [-0.39, 0.29) is 6.61 Å². The van der Waals surface area contributed by atoms with Gasteiger partial charge in [0.25, 0.3) is 0 Å². The largest absolute Gasteiger partial charge is 0.396 e. The van der Waals surface area contributed by atoms with Gasteiger partial charge in [-0.3, -0.25) is 0 Å². The number of benzene rings is 1. The number of aryl methyl sites for hydroxylation is 2. The number of hydrogen-bond donors (Lipinski definition) is 1. The van der Waals surface area contributed by atoms with Crippen LogP contribution in [0.25, 0.3) is 0 Å². The van der Waals surface area contributed by atoms with Crippen molar-refractivity contribution >= 4 is 0 Å². The van der Waals surface area contributed by atoms with Crippen molar-refractivity contribution in [3.05, 3.63) is 34.9 Å². The van der Waals surface area contributed by atoms with Gasteiger partial charge in [0.15, 0.2) is 11.6 Å². The Balaban J connectivity index is 2.90. The Bertz CT molecular complexity index is 297. The lowest BCUT2D eigenvalue weighted by molar-refractivity contribution is 0.287. The quantitative estimate of drug-likeness (QED) is 0.767. The van der Waals surface area contributed by atoms with Crippen molar-refractivity contribution in [2.45, 2.75) is 19.8 Å². The lowest BCUT2D eigenvalue weighted by Crippen LogP contribution is -1.98. The summed E-state index contributed by atoms with van der Waals surface area (Å²) in [5, 5.41) is 8.53. The maximum absolute atomic E-state index is 13.1. The Kier molecular flexibility index (Phi) is 3.37. The smallest absolute Gasteiger partial charge is 0.162 e. The first-order chi connectivity index (χ1) is 6.16. The van der Waals surface area contributed by atoms with Crippen LogP contribution in [0.4, 0.5) is 8.78 Å². The third kappa shape index (κ3) is 2.25. The first kappa shape index (κ1) is 10.1. The zero-order chi connectivity index (χ0) is 9.84. The van der Waals surface area contributed by atoms with Crippen molar-refractivity contribution in [3.8, 4) is 0 Å². The third-order valence-corrected chi connectivity index (χ3v) is 1.96. The fourth-order valence-electron chi connectivity index (χ4n) is 1.15. The molecule has 0 aliphatic heterocycles. The number of aliphatic hydroxyl groups excluding tert-OH is 1. The van der Waals surface area contributed by atoms with Crippen molar-refractivity contribution in [1.82, 2.24) is 0 Å². The van der Waals surface area contributed by atoms with Crippen molar-refractivity contribution in [2.75, 3.05) is 6.61 Å². The van der Waals surface area contributed by atoms with Crippen LogP contribution in [-0.2, 0) is 6.42 Å². The summed E-state index contributed by atoms with van der Waals surface area (Å²) in [5.41, 5.74) is 0.641. The van der Waals surface area contributed by atoms with E-state index in [0.29, 0.717) is 24.0 Å². The molecule has 0 fully saturated rings. The van der Waals surface area contributed by atoms with Crippen molar-refractivity contribution < 1.29 is 13.9 Å². The summed E-state index contributed by atoms with van der Waals surface area (Å²) in [4.78, 5) is 0. The molecule has 0 aliphatic rings. The molecule has 0 saturated carbocycles. The molecule has 0 unspecified atom stereocenters. The Labute approximate surface area is 76.0 Å². The summed E-state index contributed by atoms with van der Waals surface area (Å²) in [6.07, 6.45) is 0.832. The van der Waals surface area contributed by atoms with Crippen LogP contribution >= 0.6 is 0 Å². The third-order valence-electron chi connectivity index (χ3n) is 1.96. The monoisotopic (exact) mass is 186 g/mol. The van der Waals surface area contributed by atoms with Crippen LogP contribution in [0, 0.1) is 18.6 Å². The average Bonchev–Trinajstić information content (AvgIpc) is 2.13. The fourth-order valence-corrected chi connectivity index (χ4v) is 1.15. The lowest BCUT2D eigenvalue weighted by atomic mass is 10.1. The summed E-state index contributed by atoms with van der Waals surface area (Å²) >= 11 is 0. The van der Waals surface area contributed by atoms with E-state index >= 15 is 0 Å². The molecular weight excluding hydrogens is 174 g/mol. The van der Waals surface area contributed by atoms with E-state index in [1.807, 2.05) is 0 Å². The molecule has 1 rings (SSSR count). The van der Waals surface area contributed by atoms with Crippen molar-refractivity contribution in [2.24, 2.45) is 0 Å². The molecule has 0 radical (unpaired) electrons. The Morgan fingerprint density at radius 3 is 2.54 bits per heavy atom. The predicted octanol–water partition coefficient (Wildman–Crippen LogP) is 2.20. The summed E-state index contributed by atoms with van der Waals surface area (Å²) in [5.74, 6) is -1.57. The van der Waals surface area contributed by atoms with Crippen LogP contribution in [0.3, 0.4) is 0 Å². The maximum Gasteiger partial charge on any atom is 0.162 e. The first-order valence-corrected chi connectivity index (χ1v) is 4.21. The zero-order valence-electron chi connectivity index (χ0n) is 7.48. The Morgan fingerprint density at radius 1 is 1.23 bits per heavy atom. The Morgan fingerprint density at radius 2 is 1.92 bits per heavy atom. The molecule has 1 aromatic rings. The maximum atomic E-state index is 13.1. The number of hydrogen-bond acceptors (Lipinski definition) is 1. The number of aliphatic hydroxyl groups is 1. The summed E-state index contributed by atoms with van der Waals surface area (Å²) in [7, 11) is 0. The normalized spacial score (nSPS) is 10.5. The summed E-state index contributed by atoms with van der Waals surface area (Å²) < 4.78 is 26.1. The van der Waals surface area contributed by atoms with Crippen LogP contribution in [0.1, 0.15) is 17.5 Å². The van der Waals surface area contributed by atoms with Gasteiger partial charge in [0, 0.05) is 6.61 Å². The minimum atomic E-state index is -0.784. The topological polar surface area (TPSA) is 20.2 Å². The van der Waals surface area contributed by atoms with Crippen LogP contribution in [0.5, 0.6) is 0 Å². The van der Waals surface area contributed by atoms with Gasteiger partial charge in [0.05, 0.1) is 0 Å². The molecule has 0 bridgehead atoms. The number of halogens is 2. The summed E-state index contributed by atoms with van der Waals surface area (Å²) in [6.45, 7) is 1.52. The van der Waals surface area contributed by atoms with Crippen LogP contribution in [-0.4, -0.2) is 11.7 Å². The fraction of sp³-hybridized carbons (Fsp3) is 0.400. The van der Waals surface area contributed by atoms with Crippen LogP contribution < -0.4 is 0 Å². The molecule has 0 amide bonds. The van der Waals surface area contributed by atoms with Gasteiger partial charge in [-0.2, -0.15) is 0 Å². The standard InChI is InChI=1S/C10H12F2O/c1-7-4-5-8(3-2-6-13)10(12)9(7)11/h4-5,13H,2-3,6H2,1H3. The SMILES string of the molecule is Cc1ccc(CCCO)c(F)c1F. The molecule has 72 valence electrons. The van der Waals surface area contributed by atoms with Gasteiger partial charge in [-0.25, -0.2) is 8.78 Å². The minimum Gasteiger partial charge on any atom is -0.396 e. The molecule has 0 saturated heterocycles. The molecule has 1 nitrogen and oxygen atoms in total. The van der Waals surface area contributed by atoms with E-state index < -0.39 is 11.6 Å². The molecule has 13 heavy (non-hydrogen) atoms. The van der Waals surface area contributed by atoms with E-state index in [2.05, 4.69) is 0 Å². The highest BCUT2D eigenvalue weighted by Crippen LogP contribution is 2.16. The molecule has 1 aromatic carbocycles. The molecule has 3 heteroatoms. The molecule has 0 heterocycles. The second kappa shape index (κ2) is 4.33. The molecule has 0 atom stereocenters. The van der Waals surface area contributed by atoms with Crippen molar-refractivity contribution in [1.29, 1.82) is 0 Å². The summed E-state index contributed by atoms with van der Waals surface area (Å²) in [6, 6.07) is 3.11. The van der Waals surface area contributed by atoms with Crippen LogP contribution in [0.15, 0.2) is 12.1 Å². The molecular formula is C10H12F2O. The van der Waals surface area contributed by atoms with E-state index in [9.17, 15) is 8.78 Å². The van der Waals surface area contributed by atoms with Gasteiger partial charge in [0.1, 0.15) is 0 Å². The van der Waals surface area contributed by atoms with Crippen molar-refractivity contribution in [3.63, 3.8) is 0 Å².